The summed E-state index contributed by atoms with van der Waals surface area (Å²) >= 11 is 0. The first-order chi connectivity index (χ1) is 18.8. The molecule has 0 bridgehead atoms. The van der Waals surface area contributed by atoms with E-state index in [0.717, 1.165) is 5.56 Å². The summed E-state index contributed by atoms with van der Waals surface area (Å²) in [5.41, 5.74) is 0.0224. The zero-order chi connectivity index (χ0) is 29.9. The van der Waals surface area contributed by atoms with Crippen molar-refractivity contribution >= 4 is 29.8 Å². The molecule has 0 saturated carbocycles. The van der Waals surface area contributed by atoms with E-state index in [4.69, 9.17) is 9.47 Å². The van der Waals surface area contributed by atoms with E-state index >= 15 is 0 Å². The van der Waals surface area contributed by atoms with Crippen LogP contribution in [0.3, 0.4) is 0 Å². The maximum Gasteiger partial charge on any atom is 0.410 e. The number of nitrogens with one attached hydrogen (secondary N) is 2. The maximum absolute atomic E-state index is 13.3. The smallest absolute Gasteiger partial charge is 0.410 e. The highest BCUT2D eigenvalue weighted by Gasteiger charge is 2.37. The lowest BCUT2D eigenvalue weighted by Gasteiger charge is -2.28. The first-order valence-electron chi connectivity index (χ1n) is 13.7. The highest BCUT2D eigenvalue weighted by molar-refractivity contribution is 5.93. The molecule has 11 heteroatoms. The average Bonchev–Trinajstić information content (AvgIpc) is 3.38. The Hall–Kier alpha value is -3.63. The molecule has 0 aliphatic carbocycles. The van der Waals surface area contributed by atoms with E-state index in [2.05, 4.69) is 15.4 Å². The van der Waals surface area contributed by atoms with Gasteiger partial charge in [-0.15, -0.1) is 0 Å². The SMILES string of the molecule is COC(=O)CC[C@H](NC(=O)[C@H](CC(C)C)NC(=O)[C@@H]1CCCN1C(=O)OCc1ccccc1)C(=O)OC(C)(C)C. The van der Waals surface area contributed by atoms with Gasteiger partial charge in [0.1, 0.15) is 30.3 Å². The van der Waals surface area contributed by atoms with E-state index < -0.39 is 53.6 Å². The summed E-state index contributed by atoms with van der Waals surface area (Å²) < 4.78 is 15.5. The Labute approximate surface area is 236 Å². The summed E-state index contributed by atoms with van der Waals surface area (Å²) in [6.07, 6.45) is 0.610. The Morgan fingerprint density at radius 3 is 2.30 bits per heavy atom. The van der Waals surface area contributed by atoms with Crippen LogP contribution in [0.15, 0.2) is 30.3 Å². The molecule has 3 atom stereocenters. The van der Waals surface area contributed by atoms with Crippen LogP contribution in [0.2, 0.25) is 0 Å². The lowest BCUT2D eigenvalue weighted by Crippen LogP contribution is -2.56. The topological polar surface area (TPSA) is 140 Å². The molecule has 1 aliphatic heterocycles. The Balaban J connectivity index is 2.10. The number of ether oxygens (including phenoxy) is 3. The Kier molecular flexibility index (Phi) is 12.4. The molecule has 1 saturated heterocycles. The summed E-state index contributed by atoms with van der Waals surface area (Å²) in [5.74, 6) is -2.25. The standard InChI is InChI=1S/C29H43N3O8/c1-19(2)17-22(25(34)30-21(14-15-24(33)38-6)27(36)40-29(3,4)5)31-26(35)23-13-10-16-32(23)28(37)39-18-20-11-8-7-9-12-20/h7-9,11-12,19,21-23H,10,13-18H2,1-6H3,(H,30,34)(H,31,35)/t21-,22-,23-/m0/s1. The van der Waals surface area contributed by atoms with Crippen LogP contribution in [-0.2, 0) is 40.0 Å². The highest BCUT2D eigenvalue weighted by atomic mass is 16.6. The lowest BCUT2D eigenvalue weighted by atomic mass is 10.0. The predicted molar refractivity (Wildman–Crippen MR) is 147 cm³/mol. The van der Waals surface area contributed by atoms with Crippen LogP contribution in [0.5, 0.6) is 0 Å². The molecule has 1 aromatic rings. The van der Waals surface area contributed by atoms with E-state index in [1.54, 1.807) is 20.8 Å². The molecule has 0 aromatic heterocycles. The fraction of sp³-hybridized carbons (Fsp3) is 0.621. The molecule has 40 heavy (non-hydrogen) atoms. The van der Waals surface area contributed by atoms with E-state index in [0.29, 0.717) is 25.8 Å². The van der Waals surface area contributed by atoms with Gasteiger partial charge in [0.15, 0.2) is 0 Å². The minimum Gasteiger partial charge on any atom is -0.469 e. The largest absolute Gasteiger partial charge is 0.469 e. The summed E-state index contributed by atoms with van der Waals surface area (Å²) in [4.78, 5) is 65.3. The van der Waals surface area contributed by atoms with E-state index in [1.165, 1.54) is 12.0 Å². The normalized spacial score (nSPS) is 16.6. The average molecular weight is 562 g/mol. The summed E-state index contributed by atoms with van der Waals surface area (Å²) in [5, 5.41) is 5.42. The van der Waals surface area contributed by atoms with Crippen LogP contribution in [0, 0.1) is 5.92 Å². The molecule has 0 spiro atoms. The zero-order valence-corrected chi connectivity index (χ0v) is 24.4. The number of carbonyl (C=O) groups is 5. The third-order valence-corrected chi connectivity index (χ3v) is 6.21. The van der Waals surface area contributed by atoms with Crippen molar-refractivity contribution in [1.29, 1.82) is 0 Å². The van der Waals surface area contributed by atoms with Gasteiger partial charge in [0.05, 0.1) is 7.11 Å². The number of rotatable bonds is 12. The second kappa shape index (κ2) is 15.2. The van der Waals surface area contributed by atoms with Gasteiger partial charge < -0.3 is 24.8 Å². The zero-order valence-electron chi connectivity index (χ0n) is 24.4. The van der Waals surface area contributed by atoms with E-state index in [-0.39, 0.29) is 25.4 Å². The van der Waals surface area contributed by atoms with Gasteiger partial charge in [0.2, 0.25) is 11.8 Å². The van der Waals surface area contributed by atoms with Crippen molar-refractivity contribution in [3.63, 3.8) is 0 Å². The van der Waals surface area contributed by atoms with Gasteiger partial charge in [-0.25, -0.2) is 9.59 Å². The summed E-state index contributed by atoms with van der Waals surface area (Å²) in [6.45, 7) is 9.34. The molecule has 2 rings (SSSR count). The van der Waals surface area contributed by atoms with Crippen molar-refractivity contribution in [3.05, 3.63) is 35.9 Å². The molecule has 2 N–H and O–H groups in total. The number of amides is 3. The summed E-state index contributed by atoms with van der Waals surface area (Å²) in [6, 6.07) is 6.36. The van der Waals surface area contributed by atoms with Gasteiger partial charge in [-0.3, -0.25) is 19.3 Å². The van der Waals surface area contributed by atoms with Crippen molar-refractivity contribution in [1.82, 2.24) is 15.5 Å². The monoisotopic (exact) mass is 561 g/mol. The fourth-order valence-corrected chi connectivity index (χ4v) is 4.29. The van der Waals surface area contributed by atoms with Crippen LogP contribution >= 0.6 is 0 Å². The molecule has 1 fully saturated rings. The van der Waals surface area contributed by atoms with Gasteiger partial charge >= 0.3 is 18.0 Å². The van der Waals surface area contributed by atoms with Gasteiger partial charge in [0.25, 0.3) is 0 Å². The number of carbonyl (C=O) groups excluding carboxylic acids is 5. The first-order valence-corrected chi connectivity index (χ1v) is 13.7. The van der Waals surface area contributed by atoms with E-state index in [1.807, 2.05) is 44.2 Å². The third kappa shape index (κ3) is 10.9. The molecule has 0 radical (unpaired) electrons. The number of hydrogen-bond donors (Lipinski definition) is 2. The van der Waals surface area contributed by atoms with Crippen LogP contribution in [-0.4, -0.2) is 72.1 Å². The van der Waals surface area contributed by atoms with E-state index in [9.17, 15) is 24.0 Å². The molecule has 1 aromatic carbocycles. The van der Waals surface area contributed by atoms with Crippen LogP contribution in [0.1, 0.15) is 72.3 Å². The van der Waals surface area contributed by atoms with Crippen LogP contribution in [0.4, 0.5) is 4.79 Å². The van der Waals surface area contributed by atoms with Crippen molar-refractivity contribution in [2.75, 3.05) is 13.7 Å². The van der Waals surface area contributed by atoms with Gasteiger partial charge in [0, 0.05) is 13.0 Å². The second-order valence-corrected chi connectivity index (χ2v) is 11.3. The molecule has 11 nitrogen and oxygen atoms in total. The van der Waals surface area contributed by atoms with Crippen molar-refractivity contribution in [2.45, 2.75) is 97.1 Å². The second-order valence-electron chi connectivity index (χ2n) is 11.3. The molecular formula is C29H43N3O8. The molecule has 3 amide bonds. The minimum atomic E-state index is -1.12. The molecule has 1 heterocycles. The highest BCUT2D eigenvalue weighted by Crippen LogP contribution is 2.20. The van der Waals surface area contributed by atoms with Gasteiger partial charge in [-0.05, 0) is 57.9 Å². The van der Waals surface area contributed by atoms with Gasteiger partial charge in [-0.2, -0.15) is 0 Å². The number of nitrogens with zero attached hydrogens (tertiary/aromatic N) is 1. The third-order valence-electron chi connectivity index (χ3n) is 6.21. The Morgan fingerprint density at radius 2 is 1.70 bits per heavy atom. The fourth-order valence-electron chi connectivity index (χ4n) is 4.29. The van der Waals surface area contributed by atoms with Gasteiger partial charge in [-0.1, -0.05) is 44.2 Å². The van der Waals surface area contributed by atoms with Crippen molar-refractivity contribution in [3.8, 4) is 0 Å². The minimum absolute atomic E-state index is 0.0284. The van der Waals surface area contributed by atoms with Crippen molar-refractivity contribution < 1.29 is 38.2 Å². The molecule has 222 valence electrons. The molecule has 0 unspecified atom stereocenters. The Morgan fingerprint density at radius 1 is 1.02 bits per heavy atom. The first kappa shape index (κ1) is 32.6. The quantitative estimate of drug-likeness (QED) is 0.293. The lowest BCUT2D eigenvalue weighted by molar-refractivity contribution is -0.159. The molecular weight excluding hydrogens is 518 g/mol. The number of esters is 2. The summed E-state index contributed by atoms with van der Waals surface area (Å²) in [7, 11) is 1.24. The number of likely N-dealkylation sites (tertiary alicyclic amines) is 1. The van der Waals surface area contributed by atoms with Crippen molar-refractivity contribution in [2.24, 2.45) is 5.92 Å². The number of benzene rings is 1. The number of methoxy groups -OCH3 is 1. The maximum atomic E-state index is 13.3. The number of hydrogen-bond acceptors (Lipinski definition) is 8. The predicted octanol–water partition coefficient (Wildman–Crippen LogP) is 3.10. The molecule has 1 aliphatic rings. The van der Waals surface area contributed by atoms with Crippen LogP contribution < -0.4 is 10.6 Å². The van der Waals surface area contributed by atoms with Crippen LogP contribution in [0.25, 0.3) is 0 Å². The Bertz CT molecular complexity index is 1020.